The summed E-state index contributed by atoms with van der Waals surface area (Å²) in [6, 6.07) is 11.9. The zero-order chi connectivity index (χ0) is 20.6. The van der Waals surface area contributed by atoms with Gasteiger partial charge < -0.3 is 15.7 Å². The number of phenolic OH excluding ortho intramolecular Hbond substituents is 1. The predicted molar refractivity (Wildman–Crippen MR) is 109 cm³/mol. The predicted octanol–water partition coefficient (Wildman–Crippen LogP) is 2.61. The number of benzene rings is 1. The molecule has 1 aliphatic rings. The second kappa shape index (κ2) is 7.24. The number of para-hydroxylation sites is 1. The minimum atomic E-state index is -0.293. The van der Waals surface area contributed by atoms with Crippen LogP contribution in [0.1, 0.15) is 41.0 Å². The number of rotatable bonds is 5. The van der Waals surface area contributed by atoms with Gasteiger partial charge in [-0.3, -0.25) is 9.59 Å². The van der Waals surface area contributed by atoms with Gasteiger partial charge >= 0.3 is 0 Å². The number of hydrogen-bond donors (Lipinski definition) is 3. The SMILES string of the molecule is CC1(C)C(CNC(=O)c2ccccc2O)CC1NC(=O)c1cccn2nccc12. The molecule has 7 nitrogen and oxygen atoms in total. The van der Waals surface area contributed by atoms with E-state index >= 15 is 0 Å². The molecule has 2 unspecified atom stereocenters. The van der Waals surface area contributed by atoms with Gasteiger partial charge in [0.1, 0.15) is 5.75 Å². The first kappa shape index (κ1) is 19.0. The molecule has 2 amide bonds. The molecular weight excluding hydrogens is 368 g/mol. The summed E-state index contributed by atoms with van der Waals surface area (Å²) >= 11 is 0. The lowest BCUT2D eigenvalue weighted by atomic mass is 9.58. The lowest BCUT2D eigenvalue weighted by molar-refractivity contribution is 0.0150. The third kappa shape index (κ3) is 3.44. The normalized spacial score (nSPS) is 20.1. The van der Waals surface area contributed by atoms with Crippen LogP contribution in [0.2, 0.25) is 0 Å². The number of fused-ring (bicyclic) bond motifs is 1. The van der Waals surface area contributed by atoms with Crippen molar-refractivity contribution in [2.45, 2.75) is 26.3 Å². The highest BCUT2D eigenvalue weighted by Crippen LogP contribution is 2.46. The number of nitrogens with zero attached hydrogens (tertiary/aromatic N) is 2. The van der Waals surface area contributed by atoms with E-state index in [9.17, 15) is 14.7 Å². The van der Waals surface area contributed by atoms with Crippen LogP contribution in [0, 0.1) is 11.3 Å². The first-order chi connectivity index (χ1) is 13.9. The molecule has 2 aromatic heterocycles. The van der Waals surface area contributed by atoms with E-state index in [0.717, 1.165) is 11.9 Å². The topological polar surface area (TPSA) is 95.7 Å². The highest BCUT2D eigenvalue weighted by atomic mass is 16.3. The van der Waals surface area contributed by atoms with E-state index in [4.69, 9.17) is 0 Å². The number of carbonyl (C=O) groups excluding carboxylic acids is 2. The summed E-state index contributed by atoms with van der Waals surface area (Å²) in [5.74, 6) is -0.213. The third-order valence-corrected chi connectivity index (χ3v) is 6.11. The monoisotopic (exact) mass is 392 g/mol. The minimum Gasteiger partial charge on any atom is -0.507 e. The molecule has 1 aliphatic carbocycles. The molecule has 3 aromatic rings. The quantitative estimate of drug-likeness (QED) is 0.622. The molecule has 2 heterocycles. The van der Waals surface area contributed by atoms with E-state index in [1.807, 2.05) is 12.3 Å². The van der Waals surface area contributed by atoms with Gasteiger partial charge in [0.2, 0.25) is 0 Å². The summed E-state index contributed by atoms with van der Waals surface area (Å²) in [6.07, 6.45) is 4.26. The van der Waals surface area contributed by atoms with Crippen LogP contribution in [0.4, 0.5) is 0 Å². The molecule has 0 spiro atoms. The lowest BCUT2D eigenvalue weighted by Gasteiger charge is -2.52. The molecule has 0 radical (unpaired) electrons. The zero-order valence-electron chi connectivity index (χ0n) is 16.4. The maximum atomic E-state index is 12.8. The molecular formula is C22H24N4O3. The van der Waals surface area contributed by atoms with Crippen molar-refractivity contribution < 1.29 is 14.7 Å². The first-order valence-corrected chi connectivity index (χ1v) is 9.67. The number of hydrogen-bond acceptors (Lipinski definition) is 4. The zero-order valence-corrected chi connectivity index (χ0v) is 16.4. The Labute approximate surface area is 168 Å². The Hall–Kier alpha value is -3.35. The molecule has 0 saturated heterocycles. The van der Waals surface area contributed by atoms with Gasteiger partial charge in [-0.1, -0.05) is 26.0 Å². The standard InChI is InChI=1S/C22H24N4O3/c1-22(2)14(13-23-20(28)16-6-3-4-8-18(16)27)12-19(22)25-21(29)15-7-5-11-26-17(15)9-10-24-26/h3-11,14,19,27H,12-13H2,1-2H3,(H,23,28)(H,25,29). The molecule has 4 rings (SSSR count). The van der Waals surface area contributed by atoms with Crippen LogP contribution in [-0.4, -0.2) is 39.1 Å². The highest BCUT2D eigenvalue weighted by Gasteiger charge is 2.48. The van der Waals surface area contributed by atoms with Gasteiger partial charge in [-0.25, -0.2) is 4.52 Å². The van der Waals surface area contributed by atoms with Gasteiger partial charge in [0, 0.05) is 18.8 Å². The number of amides is 2. The summed E-state index contributed by atoms with van der Waals surface area (Å²) in [7, 11) is 0. The molecule has 29 heavy (non-hydrogen) atoms. The van der Waals surface area contributed by atoms with Gasteiger partial charge in [-0.2, -0.15) is 5.10 Å². The minimum absolute atomic E-state index is 0.0187. The van der Waals surface area contributed by atoms with Crippen molar-refractivity contribution >= 4 is 17.3 Å². The highest BCUT2D eigenvalue weighted by molar-refractivity contribution is 6.01. The van der Waals surface area contributed by atoms with Crippen molar-refractivity contribution in [3.63, 3.8) is 0 Å². The maximum absolute atomic E-state index is 12.8. The van der Waals surface area contributed by atoms with E-state index in [1.54, 1.807) is 41.0 Å². The summed E-state index contributed by atoms with van der Waals surface area (Å²) in [5, 5.41) is 20.0. The Bertz CT molecular complexity index is 1070. The summed E-state index contributed by atoms with van der Waals surface area (Å²) in [4.78, 5) is 25.1. The molecule has 1 saturated carbocycles. The van der Waals surface area contributed by atoms with Crippen LogP contribution in [0.25, 0.3) is 5.52 Å². The fourth-order valence-corrected chi connectivity index (χ4v) is 3.96. The molecule has 0 aliphatic heterocycles. The average Bonchev–Trinajstić information content (AvgIpc) is 3.19. The van der Waals surface area contributed by atoms with Crippen LogP contribution in [0.5, 0.6) is 5.75 Å². The smallest absolute Gasteiger partial charge is 0.255 e. The van der Waals surface area contributed by atoms with Crippen LogP contribution >= 0.6 is 0 Å². The molecule has 3 N–H and O–H groups in total. The summed E-state index contributed by atoms with van der Waals surface area (Å²) in [5.41, 5.74) is 1.47. The van der Waals surface area contributed by atoms with Crippen LogP contribution < -0.4 is 10.6 Å². The van der Waals surface area contributed by atoms with E-state index < -0.39 is 0 Å². The van der Waals surface area contributed by atoms with Crippen LogP contribution in [0.15, 0.2) is 54.9 Å². The average molecular weight is 392 g/mol. The number of aromatic hydroxyl groups is 1. The number of carbonyl (C=O) groups is 2. The van der Waals surface area contributed by atoms with Gasteiger partial charge in [0.15, 0.2) is 0 Å². The molecule has 7 heteroatoms. The van der Waals surface area contributed by atoms with Crippen molar-refractivity contribution in [3.8, 4) is 5.75 Å². The Morgan fingerprint density at radius 3 is 2.66 bits per heavy atom. The van der Waals surface area contributed by atoms with Gasteiger partial charge in [0.25, 0.3) is 11.8 Å². The molecule has 0 bridgehead atoms. The number of phenols is 1. The molecule has 2 atom stereocenters. The largest absolute Gasteiger partial charge is 0.507 e. The molecule has 1 aromatic carbocycles. The molecule has 150 valence electrons. The maximum Gasteiger partial charge on any atom is 0.255 e. The van der Waals surface area contributed by atoms with E-state index in [0.29, 0.717) is 12.1 Å². The van der Waals surface area contributed by atoms with Crippen LogP contribution in [0.3, 0.4) is 0 Å². The molecule has 1 fully saturated rings. The first-order valence-electron chi connectivity index (χ1n) is 9.67. The third-order valence-electron chi connectivity index (χ3n) is 6.11. The second-order valence-electron chi connectivity index (χ2n) is 8.09. The van der Waals surface area contributed by atoms with Crippen molar-refractivity contribution in [1.82, 2.24) is 20.2 Å². The Morgan fingerprint density at radius 2 is 1.90 bits per heavy atom. The number of aromatic nitrogens is 2. The van der Waals surface area contributed by atoms with Crippen molar-refractivity contribution in [3.05, 3.63) is 66.0 Å². The van der Waals surface area contributed by atoms with Crippen molar-refractivity contribution in [1.29, 1.82) is 0 Å². The Morgan fingerprint density at radius 1 is 1.14 bits per heavy atom. The van der Waals surface area contributed by atoms with E-state index in [2.05, 4.69) is 29.6 Å². The van der Waals surface area contributed by atoms with Gasteiger partial charge in [-0.15, -0.1) is 0 Å². The summed E-state index contributed by atoms with van der Waals surface area (Å²) in [6.45, 7) is 4.68. The number of nitrogens with one attached hydrogen (secondary N) is 2. The lowest BCUT2D eigenvalue weighted by Crippen LogP contribution is -2.60. The fourth-order valence-electron chi connectivity index (χ4n) is 3.96. The Balaban J connectivity index is 1.36. The summed E-state index contributed by atoms with van der Waals surface area (Å²) < 4.78 is 1.68. The van der Waals surface area contributed by atoms with Crippen molar-refractivity contribution in [2.24, 2.45) is 11.3 Å². The number of pyridine rings is 1. The second-order valence-corrected chi connectivity index (χ2v) is 8.09. The van der Waals surface area contributed by atoms with Crippen molar-refractivity contribution in [2.75, 3.05) is 6.54 Å². The van der Waals surface area contributed by atoms with E-state index in [1.165, 1.54) is 6.07 Å². The fraction of sp³-hybridized carbons (Fsp3) is 0.318. The van der Waals surface area contributed by atoms with Gasteiger partial charge in [0.05, 0.1) is 22.8 Å². The van der Waals surface area contributed by atoms with E-state index in [-0.39, 0.29) is 40.5 Å². The van der Waals surface area contributed by atoms with Crippen LogP contribution in [-0.2, 0) is 0 Å². The van der Waals surface area contributed by atoms with Gasteiger partial charge in [-0.05, 0) is 48.1 Å². The Kier molecular flexibility index (Phi) is 4.74.